The van der Waals surface area contributed by atoms with Gasteiger partial charge in [-0.3, -0.25) is 14.5 Å². The third kappa shape index (κ3) is 5.37. The molecule has 10 heteroatoms. The normalized spacial score (nSPS) is 17.1. The summed E-state index contributed by atoms with van der Waals surface area (Å²) in [7, 11) is 1.44. The number of fused-ring (bicyclic) bond motifs is 1. The molecule has 0 spiro atoms. The maximum absolute atomic E-state index is 13.1. The molecule has 1 aliphatic heterocycles. The van der Waals surface area contributed by atoms with Crippen molar-refractivity contribution < 1.29 is 18.0 Å². The standard InChI is InChI=1S/C26H36N4O4S2/c1-5-30-16-15-21-22(17-30)35-25(23(21)26(32)28(2)3)27-24(31)18-11-13-20(14-12-18)36(33,34)29(4)19-9-7-6-8-10-19/h11-14,19H,5-10,15-17H2,1-4H3,(H,27,31). The van der Waals surface area contributed by atoms with Crippen molar-refractivity contribution in [3.05, 3.63) is 45.8 Å². The SMILES string of the molecule is CCN1CCc2c(sc(NC(=O)c3ccc(S(=O)(=O)N(C)C4CCCCC4)cc3)c2C(=O)N(C)C)C1. The third-order valence-corrected chi connectivity index (χ3v) is 10.4. The Hall–Kier alpha value is -2.27. The monoisotopic (exact) mass is 532 g/mol. The number of hydrogen-bond acceptors (Lipinski definition) is 6. The van der Waals surface area contributed by atoms with E-state index in [1.54, 1.807) is 21.1 Å². The van der Waals surface area contributed by atoms with E-state index in [2.05, 4.69) is 17.1 Å². The fraction of sp³-hybridized carbons (Fsp3) is 0.538. The number of nitrogens with one attached hydrogen (secondary N) is 1. The second-order valence-corrected chi connectivity index (χ2v) is 12.9. The molecule has 8 nitrogen and oxygen atoms in total. The lowest BCUT2D eigenvalue weighted by molar-refractivity contribution is 0.0827. The zero-order valence-corrected chi connectivity index (χ0v) is 23.2. The Morgan fingerprint density at radius 1 is 1.08 bits per heavy atom. The number of hydrogen-bond donors (Lipinski definition) is 1. The van der Waals surface area contributed by atoms with E-state index < -0.39 is 10.0 Å². The minimum absolute atomic E-state index is 0.0212. The number of anilines is 1. The maximum Gasteiger partial charge on any atom is 0.256 e. The number of carbonyl (C=O) groups excluding carboxylic acids is 2. The molecule has 0 unspecified atom stereocenters. The second kappa shape index (κ2) is 11.0. The summed E-state index contributed by atoms with van der Waals surface area (Å²) in [5.41, 5.74) is 1.93. The van der Waals surface area contributed by atoms with E-state index in [0.29, 0.717) is 16.1 Å². The van der Waals surface area contributed by atoms with E-state index in [-0.39, 0.29) is 22.8 Å². The van der Waals surface area contributed by atoms with Gasteiger partial charge in [-0.1, -0.05) is 26.2 Å². The highest BCUT2D eigenvalue weighted by Crippen LogP contribution is 2.38. The molecule has 1 aliphatic carbocycles. The summed E-state index contributed by atoms with van der Waals surface area (Å²) >= 11 is 1.45. The van der Waals surface area contributed by atoms with Crippen molar-refractivity contribution in [2.24, 2.45) is 0 Å². The minimum Gasteiger partial charge on any atom is -0.345 e. The van der Waals surface area contributed by atoms with Gasteiger partial charge in [0, 0.05) is 50.7 Å². The van der Waals surface area contributed by atoms with Crippen LogP contribution in [0, 0.1) is 0 Å². The summed E-state index contributed by atoms with van der Waals surface area (Å²) in [4.78, 5) is 31.3. The molecule has 36 heavy (non-hydrogen) atoms. The van der Waals surface area contributed by atoms with Gasteiger partial charge in [0.15, 0.2) is 0 Å². The van der Waals surface area contributed by atoms with Crippen LogP contribution in [0.3, 0.4) is 0 Å². The van der Waals surface area contributed by atoms with Gasteiger partial charge in [0.05, 0.1) is 10.5 Å². The molecule has 0 bridgehead atoms. The van der Waals surface area contributed by atoms with Crippen LogP contribution in [0.4, 0.5) is 5.00 Å². The van der Waals surface area contributed by atoms with Gasteiger partial charge in [0.2, 0.25) is 10.0 Å². The summed E-state index contributed by atoms with van der Waals surface area (Å²) in [5, 5.41) is 3.49. The predicted molar refractivity (Wildman–Crippen MR) is 143 cm³/mol. The Bertz CT molecular complexity index is 1220. The van der Waals surface area contributed by atoms with Crippen LogP contribution < -0.4 is 5.32 Å². The summed E-state index contributed by atoms with van der Waals surface area (Å²) in [5.74, 6) is -0.488. The molecule has 1 saturated carbocycles. The molecule has 1 aromatic carbocycles. The molecule has 1 N–H and O–H groups in total. The Kier molecular flexibility index (Phi) is 8.18. The first-order valence-corrected chi connectivity index (χ1v) is 14.9. The quantitative estimate of drug-likeness (QED) is 0.582. The summed E-state index contributed by atoms with van der Waals surface area (Å²) in [6.07, 6.45) is 5.77. The number of benzene rings is 1. The Morgan fingerprint density at radius 3 is 2.36 bits per heavy atom. The van der Waals surface area contributed by atoms with Crippen molar-refractivity contribution in [2.45, 2.75) is 62.9 Å². The van der Waals surface area contributed by atoms with Gasteiger partial charge in [-0.2, -0.15) is 4.31 Å². The molecular weight excluding hydrogens is 496 g/mol. The van der Waals surface area contributed by atoms with Crippen molar-refractivity contribution in [3.63, 3.8) is 0 Å². The molecule has 2 heterocycles. The second-order valence-electron chi connectivity index (χ2n) is 9.82. The molecule has 1 fully saturated rings. The Labute approximate surface area is 218 Å². The van der Waals surface area contributed by atoms with E-state index in [0.717, 1.165) is 68.6 Å². The summed E-state index contributed by atoms with van der Waals surface area (Å²) < 4.78 is 27.7. The largest absolute Gasteiger partial charge is 0.345 e. The van der Waals surface area contributed by atoms with Crippen molar-refractivity contribution in [1.29, 1.82) is 0 Å². The van der Waals surface area contributed by atoms with Crippen LogP contribution in [0.15, 0.2) is 29.2 Å². The molecule has 2 amide bonds. The van der Waals surface area contributed by atoms with E-state index in [1.807, 2.05) is 0 Å². The lowest BCUT2D eigenvalue weighted by Crippen LogP contribution is -2.38. The Morgan fingerprint density at radius 2 is 1.75 bits per heavy atom. The highest BCUT2D eigenvalue weighted by molar-refractivity contribution is 7.89. The molecule has 4 rings (SSSR count). The van der Waals surface area contributed by atoms with Gasteiger partial charge in [-0.05, 0) is 55.6 Å². The van der Waals surface area contributed by atoms with Crippen LogP contribution in [0.5, 0.6) is 0 Å². The van der Waals surface area contributed by atoms with Gasteiger partial charge < -0.3 is 10.2 Å². The first-order chi connectivity index (χ1) is 17.1. The topological polar surface area (TPSA) is 90.0 Å². The number of sulfonamides is 1. The van der Waals surface area contributed by atoms with Gasteiger partial charge in [-0.15, -0.1) is 11.3 Å². The lowest BCUT2D eigenvalue weighted by Gasteiger charge is -2.30. The molecule has 196 valence electrons. The summed E-state index contributed by atoms with van der Waals surface area (Å²) in [6.45, 7) is 4.69. The molecule has 0 saturated heterocycles. The molecule has 0 atom stereocenters. The first kappa shape index (κ1) is 26.8. The van der Waals surface area contributed by atoms with Gasteiger partial charge in [-0.25, -0.2) is 8.42 Å². The Balaban J connectivity index is 1.55. The van der Waals surface area contributed by atoms with Crippen LogP contribution in [0.2, 0.25) is 0 Å². The number of amides is 2. The fourth-order valence-corrected chi connectivity index (χ4v) is 7.72. The van der Waals surface area contributed by atoms with E-state index >= 15 is 0 Å². The van der Waals surface area contributed by atoms with Gasteiger partial charge in [0.25, 0.3) is 11.8 Å². The smallest absolute Gasteiger partial charge is 0.256 e. The van der Waals surface area contributed by atoms with Crippen LogP contribution in [-0.2, 0) is 23.0 Å². The van der Waals surface area contributed by atoms with Crippen LogP contribution in [-0.4, -0.2) is 74.6 Å². The highest BCUT2D eigenvalue weighted by Gasteiger charge is 2.31. The predicted octanol–water partition coefficient (Wildman–Crippen LogP) is 4.03. The molecule has 2 aromatic rings. The number of carbonyl (C=O) groups is 2. The number of likely N-dealkylation sites (N-methyl/N-ethyl adjacent to an activating group) is 1. The van der Waals surface area contributed by atoms with Crippen molar-refractivity contribution in [2.75, 3.05) is 39.5 Å². The van der Waals surface area contributed by atoms with Crippen LogP contribution >= 0.6 is 11.3 Å². The maximum atomic E-state index is 13.1. The average molecular weight is 533 g/mol. The zero-order chi connectivity index (χ0) is 26.0. The van der Waals surface area contributed by atoms with E-state index in [4.69, 9.17) is 0 Å². The molecule has 1 aromatic heterocycles. The minimum atomic E-state index is -3.63. The molecule has 2 aliphatic rings. The van der Waals surface area contributed by atoms with Gasteiger partial charge >= 0.3 is 0 Å². The van der Waals surface area contributed by atoms with Crippen molar-refractivity contribution >= 4 is 38.2 Å². The third-order valence-electron chi connectivity index (χ3n) is 7.31. The average Bonchev–Trinajstić information content (AvgIpc) is 3.24. The number of nitrogens with zero attached hydrogens (tertiary/aromatic N) is 3. The van der Waals surface area contributed by atoms with Crippen LogP contribution in [0.25, 0.3) is 0 Å². The fourth-order valence-electron chi connectivity index (χ4n) is 5.02. The zero-order valence-electron chi connectivity index (χ0n) is 21.5. The highest BCUT2D eigenvalue weighted by atomic mass is 32.2. The number of rotatable bonds is 7. The van der Waals surface area contributed by atoms with E-state index in [1.165, 1.54) is 44.8 Å². The van der Waals surface area contributed by atoms with Crippen LogP contribution in [0.1, 0.15) is 70.2 Å². The molecule has 0 radical (unpaired) electrons. The lowest BCUT2D eigenvalue weighted by atomic mass is 9.96. The number of thiophene rings is 1. The van der Waals surface area contributed by atoms with Gasteiger partial charge in [0.1, 0.15) is 5.00 Å². The van der Waals surface area contributed by atoms with E-state index in [9.17, 15) is 18.0 Å². The van der Waals surface area contributed by atoms with Crippen molar-refractivity contribution in [1.82, 2.24) is 14.1 Å². The molecular formula is C26H36N4O4S2. The first-order valence-electron chi connectivity index (χ1n) is 12.6. The summed E-state index contributed by atoms with van der Waals surface area (Å²) in [6, 6.07) is 6.09. The van der Waals surface area contributed by atoms with Crippen molar-refractivity contribution in [3.8, 4) is 0 Å².